The molecule has 1 saturated carbocycles. The zero-order valence-corrected chi connectivity index (χ0v) is 19.4. The molecule has 0 bridgehead atoms. The van der Waals surface area contributed by atoms with Crippen LogP contribution in [0.3, 0.4) is 0 Å². The van der Waals surface area contributed by atoms with Gasteiger partial charge in [-0.2, -0.15) is 18.4 Å². The van der Waals surface area contributed by atoms with Gasteiger partial charge in [0, 0.05) is 11.5 Å². The molecule has 3 aromatic rings. The third kappa shape index (κ3) is 7.10. The molecule has 4 rings (SSSR count). The van der Waals surface area contributed by atoms with Gasteiger partial charge in [-0.1, -0.05) is 30.7 Å². The first-order chi connectivity index (χ1) is 17.7. The lowest BCUT2D eigenvalue weighted by atomic mass is 9.77. The molecule has 37 heavy (non-hydrogen) atoms. The van der Waals surface area contributed by atoms with Crippen LogP contribution in [0.5, 0.6) is 0 Å². The molecule has 1 amide bonds. The van der Waals surface area contributed by atoms with Crippen LogP contribution in [0.1, 0.15) is 48.4 Å². The molecule has 1 heterocycles. The molecule has 1 aromatic heterocycles. The summed E-state index contributed by atoms with van der Waals surface area (Å²) in [7, 11) is 0. The summed E-state index contributed by atoms with van der Waals surface area (Å²) in [5.74, 6) is -1.75. The highest BCUT2D eigenvalue weighted by Gasteiger charge is 2.32. The molecule has 0 aliphatic heterocycles. The van der Waals surface area contributed by atoms with Crippen molar-refractivity contribution in [2.24, 2.45) is 5.92 Å². The number of carboxylic acid groups (broad SMARTS) is 1. The first kappa shape index (κ1) is 27.3. The van der Waals surface area contributed by atoms with Crippen LogP contribution in [-0.2, 0) is 15.8 Å². The summed E-state index contributed by atoms with van der Waals surface area (Å²) in [6, 6.07) is 15.1. The van der Waals surface area contributed by atoms with E-state index in [9.17, 15) is 22.4 Å². The van der Waals surface area contributed by atoms with Gasteiger partial charge in [-0.3, -0.25) is 9.59 Å². The summed E-state index contributed by atoms with van der Waals surface area (Å²) < 4.78 is 52.3. The van der Waals surface area contributed by atoms with Gasteiger partial charge in [0.1, 0.15) is 11.9 Å². The Morgan fingerprint density at radius 1 is 1.08 bits per heavy atom. The van der Waals surface area contributed by atoms with Gasteiger partial charge in [-0.25, -0.2) is 4.39 Å². The minimum Gasteiger partial charge on any atom is -0.483 e. The maximum absolute atomic E-state index is 14.1. The van der Waals surface area contributed by atoms with Gasteiger partial charge in [0.25, 0.3) is 6.47 Å². The van der Waals surface area contributed by atoms with E-state index in [1.54, 1.807) is 12.1 Å². The van der Waals surface area contributed by atoms with Gasteiger partial charge in [-0.15, -0.1) is 10.2 Å². The number of carbonyl (C=O) groups is 2. The highest BCUT2D eigenvalue weighted by Crippen LogP contribution is 2.38. The summed E-state index contributed by atoms with van der Waals surface area (Å²) >= 11 is 0. The van der Waals surface area contributed by atoms with Gasteiger partial charge < -0.3 is 10.4 Å². The molecule has 11 heteroatoms. The van der Waals surface area contributed by atoms with Crippen LogP contribution < -0.4 is 5.32 Å². The number of rotatable bonds is 4. The minimum absolute atomic E-state index is 0.128. The van der Waals surface area contributed by atoms with E-state index in [0.717, 1.165) is 36.1 Å². The number of halogens is 4. The summed E-state index contributed by atoms with van der Waals surface area (Å²) in [5.41, 5.74) is 1.43. The first-order valence-electron chi connectivity index (χ1n) is 11.3. The molecule has 2 unspecified atom stereocenters. The molecule has 1 fully saturated rings. The van der Waals surface area contributed by atoms with Crippen LogP contribution in [-0.4, -0.2) is 27.7 Å². The van der Waals surface area contributed by atoms with E-state index in [1.165, 1.54) is 0 Å². The highest BCUT2D eigenvalue weighted by molar-refractivity contribution is 5.92. The average molecular weight is 514 g/mol. The molecule has 0 saturated heterocycles. The molecule has 1 aliphatic carbocycles. The number of amides is 1. The fourth-order valence-electron chi connectivity index (χ4n) is 4.23. The molecule has 1 aliphatic rings. The van der Waals surface area contributed by atoms with Crippen molar-refractivity contribution < 1.29 is 32.3 Å². The molecular formula is C26H22F4N4O3. The second kappa shape index (κ2) is 12.1. The number of aromatic nitrogens is 2. The number of alkyl halides is 3. The minimum atomic E-state index is -4.65. The van der Waals surface area contributed by atoms with E-state index in [4.69, 9.17) is 15.2 Å². The van der Waals surface area contributed by atoms with E-state index in [0.29, 0.717) is 24.6 Å². The van der Waals surface area contributed by atoms with Crippen LogP contribution in [0, 0.1) is 23.1 Å². The number of hydrogen-bond donors (Lipinski definition) is 2. The third-order valence-corrected chi connectivity index (χ3v) is 6.06. The number of carbonyl (C=O) groups excluding carboxylic acids is 1. The van der Waals surface area contributed by atoms with Crippen molar-refractivity contribution in [3.05, 3.63) is 77.2 Å². The lowest BCUT2D eigenvalue weighted by Crippen LogP contribution is -2.28. The lowest BCUT2D eigenvalue weighted by Gasteiger charge is -2.29. The van der Waals surface area contributed by atoms with Crippen molar-refractivity contribution in [3.8, 4) is 17.3 Å². The van der Waals surface area contributed by atoms with Crippen molar-refractivity contribution in [2.45, 2.75) is 37.8 Å². The Kier molecular flexibility index (Phi) is 8.90. The number of anilines is 1. The Morgan fingerprint density at radius 2 is 1.78 bits per heavy atom. The van der Waals surface area contributed by atoms with Gasteiger partial charge >= 0.3 is 6.18 Å². The van der Waals surface area contributed by atoms with Crippen LogP contribution in [0.2, 0.25) is 0 Å². The highest BCUT2D eigenvalue weighted by atomic mass is 19.4. The largest absolute Gasteiger partial charge is 0.483 e. The van der Waals surface area contributed by atoms with E-state index in [2.05, 4.69) is 15.5 Å². The van der Waals surface area contributed by atoms with E-state index < -0.39 is 23.5 Å². The Bertz CT molecular complexity index is 1270. The SMILES string of the molecule is N#Cc1ccc(-c2ccc(C3CCCC(C(=O)Nc4ccc(C(F)(F)F)cc4F)C3)cc2)nn1.O=CO. The van der Waals surface area contributed by atoms with Crippen LogP contribution >= 0.6 is 0 Å². The molecule has 2 atom stereocenters. The number of benzene rings is 2. The van der Waals surface area contributed by atoms with Crippen molar-refractivity contribution in [1.82, 2.24) is 10.2 Å². The van der Waals surface area contributed by atoms with Crippen molar-refractivity contribution in [2.75, 3.05) is 5.32 Å². The maximum atomic E-state index is 14.1. The van der Waals surface area contributed by atoms with E-state index in [1.807, 2.05) is 30.3 Å². The zero-order valence-electron chi connectivity index (χ0n) is 19.4. The summed E-state index contributed by atoms with van der Waals surface area (Å²) in [5, 5.41) is 26.1. The Morgan fingerprint density at radius 3 is 2.35 bits per heavy atom. The summed E-state index contributed by atoms with van der Waals surface area (Å²) in [6.07, 6.45) is -1.76. The molecule has 0 radical (unpaired) electrons. The van der Waals surface area contributed by atoms with E-state index in [-0.39, 0.29) is 29.7 Å². The number of nitriles is 1. The zero-order chi connectivity index (χ0) is 27.0. The van der Waals surface area contributed by atoms with E-state index >= 15 is 0 Å². The smallest absolute Gasteiger partial charge is 0.416 e. The predicted molar refractivity (Wildman–Crippen MR) is 126 cm³/mol. The monoisotopic (exact) mass is 514 g/mol. The van der Waals surface area contributed by atoms with Gasteiger partial charge in [-0.05, 0) is 61.1 Å². The second-order valence-corrected chi connectivity index (χ2v) is 8.39. The van der Waals surface area contributed by atoms with Crippen molar-refractivity contribution in [1.29, 1.82) is 5.26 Å². The van der Waals surface area contributed by atoms with Crippen molar-refractivity contribution in [3.63, 3.8) is 0 Å². The lowest BCUT2D eigenvalue weighted by molar-refractivity contribution is -0.137. The Labute approximate surface area is 209 Å². The first-order valence-corrected chi connectivity index (χ1v) is 11.3. The van der Waals surface area contributed by atoms with Gasteiger partial charge in [0.2, 0.25) is 5.91 Å². The molecule has 0 spiro atoms. The van der Waals surface area contributed by atoms with Gasteiger partial charge in [0.05, 0.1) is 16.9 Å². The molecule has 7 nitrogen and oxygen atoms in total. The normalized spacial score (nSPS) is 17.1. The maximum Gasteiger partial charge on any atom is 0.416 e. The summed E-state index contributed by atoms with van der Waals surface area (Å²) in [4.78, 5) is 21.1. The fraction of sp³-hybridized carbons (Fsp3) is 0.269. The molecule has 192 valence electrons. The summed E-state index contributed by atoms with van der Waals surface area (Å²) in [6.45, 7) is -0.250. The molecular weight excluding hydrogens is 492 g/mol. The third-order valence-electron chi connectivity index (χ3n) is 6.06. The number of nitrogens with zero attached hydrogens (tertiary/aromatic N) is 3. The Hall–Kier alpha value is -4.33. The van der Waals surface area contributed by atoms with Crippen molar-refractivity contribution >= 4 is 18.1 Å². The quantitative estimate of drug-likeness (QED) is 0.337. The van der Waals surface area contributed by atoms with Crippen LogP contribution in [0.4, 0.5) is 23.2 Å². The van der Waals surface area contributed by atoms with Gasteiger partial charge in [0.15, 0.2) is 5.69 Å². The standard InChI is InChI=1S/C25H20F4N4O.CH2O2/c26-21-13-19(25(27,28)29)8-10-23(21)31-24(34)18-3-1-2-17(12-18)15-4-6-16(7-5-15)22-11-9-20(14-30)32-33-22;2-1-3/h4-11,13,17-18H,1-3,12H2,(H,31,34);1H,(H,2,3). The molecule has 2 aromatic carbocycles. The number of hydrogen-bond acceptors (Lipinski definition) is 5. The average Bonchev–Trinajstić information content (AvgIpc) is 2.90. The fourth-order valence-corrected chi connectivity index (χ4v) is 4.23. The molecule has 2 N–H and O–H groups in total. The second-order valence-electron chi connectivity index (χ2n) is 8.39. The Balaban J connectivity index is 0.00000121. The topological polar surface area (TPSA) is 116 Å². The van der Waals surface area contributed by atoms with Crippen LogP contribution in [0.25, 0.3) is 11.3 Å². The predicted octanol–water partition coefficient (Wildman–Crippen LogP) is 5.79. The number of nitrogens with one attached hydrogen (secondary N) is 1. The van der Waals surface area contributed by atoms with Crippen LogP contribution in [0.15, 0.2) is 54.6 Å².